The van der Waals surface area contributed by atoms with Gasteiger partial charge in [0.2, 0.25) is 0 Å². The van der Waals surface area contributed by atoms with Crippen LogP contribution in [0.4, 0.5) is 0 Å². The molecule has 0 radical (unpaired) electrons. The van der Waals surface area contributed by atoms with Gasteiger partial charge in [0.15, 0.2) is 5.76 Å². The SMILES string of the molecule is CN(C(=O)c1cc2ccccc2o1)C1CCc2ccccc21. The van der Waals surface area contributed by atoms with Crippen molar-refractivity contribution in [3.63, 3.8) is 0 Å². The van der Waals surface area contributed by atoms with Gasteiger partial charge in [-0.2, -0.15) is 0 Å². The van der Waals surface area contributed by atoms with Crippen molar-refractivity contribution in [3.8, 4) is 0 Å². The summed E-state index contributed by atoms with van der Waals surface area (Å²) in [7, 11) is 1.86. The fraction of sp³-hybridized carbons (Fsp3) is 0.211. The van der Waals surface area contributed by atoms with Crippen LogP contribution in [0.15, 0.2) is 59.0 Å². The summed E-state index contributed by atoms with van der Waals surface area (Å²) >= 11 is 0. The van der Waals surface area contributed by atoms with Crippen LogP contribution in [-0.4, -0.2) is 17.9 Å². The number of benzene rings is 2. The van der Waals surface area contributed by atoms with Crippen LogP contribution in [0.3, 0.4) is 0 Å². The number of aryl methyl sites for hydroxylation is 1. The van der Waals surface area contributed by atoms with Crippen LogP contribution in [0.25, 0.3) is 11.0 Å². The zero-order chi connectivity index (χ0) is 15.1. The summed E-state index contributed by atoms with van der Waals surface area (Å²) in [4.78, 5) is 14.6. The van der Waals surface area contributed by atoms with Crippen molar-refractivity contribution in [3.05, 3.63) is 71.5 Å². The van der Waals surface area contributed by atoms with Gasteiger partial charge in [-0.25, -0.2) is 0 Å². The van der Waals surface area contributed by atoms with E-state index in [0.29, 0.717) is 5.76 Å². The van der Waals surface area contributed by atoms with Gasteiger partial charge in [-0.05, 0) is 36.1 Å². The Balaban J connectivity index is 1.65. The molecule has 1 aliphatic rings. The molecule has 1 heterocycles. The third kappa shape index (κ3) is 2.01. The molecule has 0 fully saturated rings. The Morgan fingerprint density at radius 1 is 1.14 bits per heavy atom. The van der Waals surface area contributed by atoms with Crippen LogP contribution >= 0.6 is 0 Å². The Bertz CT molecular complexity index is 816. The topological polar surface area (TPSA) is 33.5 Å². The summed E-state index contributed by atoms with van der Waals surface area (Å²) in [5.74, 6) is 0.353. The quantitative estimate of drug-likeness (QED) is 0.709. The lowest BCUT2D eigenvalue weighted by atomic mass is 10.1. The molecule has 3 heteroatoms. The Morgan fingerprint density at radius 2 is 1.91 bits per heavy atom. The van der Waals surface area contributed by atoms with Crippen molar-refractivity contribution in [1.29, 1.82) is 0 Å². The van der Waals surface area contributed by atoms with E-state index in [2.05, 4.69) is 18.2 Å². The summed E-state index contributed by atoms with van der Waals surface area (Å²) in [5.41, 5.74) is 3.36. The van der Waals surface area contributed by atoms with E-state index in [1.165, 1.54) is 11.1 Å². The van der Waals surface area contributed by atoms with Crippen LogP contribution in [0.5, 0.6) is 0 Å². The molecule has 110 valence electrons. The maximum Gasteiger partial charge on any atom is 0.289 e. The molecule has 3 aromatic rings. The van der Waals surface area contributed by atoms with E-state index in [9.17, 15) is 4.79 Å². The molecule has 0 N–H and O–H groups in total. The van der Waals surface area contributed by atoms with Crippen LogP contribution in [0, 0.1) is 0 Å². The lowest BCUT2D eigenvalue weighted by Gasteiger charge is -2.24. The maximum atomic E-state index is 12.7. The van der Waals surface area contributed by atoms with Gasteiger partial charge in [-0.3, -0.25) is 4.79 Å². The molecule has 2 aromatic carbocycles. The molecule has 0 spiro atoms. The molecule has 0 saturated heterocycles. The third-order valence-corrected chi connectivity index (χ3v) is 4.53. The molecule has 1 amide bonds. The molecule has 1 atom stereocenters. The fourth-order valence-electron chi connectivity index (χ4n) is 3.34. The van der Waals surface area contributed by atoms with Crippen molar-refractivity contribution >= 4 is 16.9 Å². The van der Waals surface area contributed by atoms with Crippen molar-refractivity contribution in [2.45, 2.75) is 18.9 Å². The van der Waals surface area contributed by atoms with E-state index in [0.717, 1.165) is 23.8 Å². The Kier molecular flexibility index (Phi) is 3.00. The molecule has 0 aliphatic heterocycles. The second-order valence-electron chi connectivity index (χ2n) is 5.82. The van der Waals surface area contributed by atoms with Gasteiger partial charge >= 0.3 is 0 Å². The number of nitrogens with zero attached hydrogens (tertiary/aromatic N) is 1. The van der Waals surface area contributed by atoms with Crippen LogP contribution in [-0.2, 0) is 6.42 Å². The highest BCUT2D eigenvalue weighted by molar-refractivity contribution is 5.96. The Labute approximate surface area is 129 Å². The minimum Gasteiger partial charge on any atom is -0.451 e. The molecular formula is C19H17NO2. The second-order valence-corrected chi connectivity index (χ2v) is 5.82. The third-order valence-electron chi connectivity index (χ3n) is 4.53. The first-order chi connectivity index (χ1) is 10.7. The van der Waals surface area contributed by atoms with E-state index < -0.39 is 0 Å². The number of hydrogen-bond acceptors (Lipinski definition) is 2. The largest absolute Gasteiger partial charge is 0.451 e. The first-order valence-corrected chi connectivity index (χ1v) is 7.57. The zero-order valence-electron chi connectivity index (χ0n) is 12.5. The highest BCUT2D eigenvalue weighted by Gasteiger charge is 2.30. The normalized spacial score (nSPS) is 16.7. The first-order valence-electron chi connectivity index (χ1n) is 7.57. The number of rotatable bonds is 2. The molecule has 1 aromatic heterocycles. The van der Waals surface area contributed by atoms with Gasteiger partial charge < -0.3 is 9.32 Å². The minimum absolute atomic E-state index is 0.0575. The standard InChI is InChI=1S/C19H17NO2/c1-20(16-11-10-13-6-2-4-8-15(13)16)19(21)18-12-14-7-3-5-9-17(14)22-18/h2-9,12,16H,10-11H2,1H3. The number of carbonyl (C=O) groups is 1. The number of amides is 1. The zero-order valence-corrected chi connectivity index (χ0v) is 12.5. The van der Waals surface area contributed by atoms with Gasteiger partial charge in [-0.15, -0.1) is 0 Å². The van der Waals surface area contributed by atoms with Gasteiger partial charge in [0.1, 0.15) is 5.58 Å². The summed E-state index contributed by atoms with van der Waals surface area (Å²) in [6.07, 6.45) is 2.00. The van der Waals surface area contributed by atoms with E-state index in [1.54, 1.807) is 0 Å². The average Bonchev–Trinajstić information content (AvgIpc) is 3.17. The van der Waals surface area contributed by atoms with Crippen LogP contribution in [0.2, 0.25) is 0 Å². The highest BCUT2D eigenvalue weighted by Crippen LogP contribution is 2.35. The number of furan rings is 1. The van der Waals surface area contributed by atoms with Crippen LogP contribution < -0.4 is 0 Å². The lowest BCUT2D eigenvalue weighted by molar-refractivity contribution is 0.0700. The molecule has 0 saturated carbocycles. The second kappa shape index (κ2) is 5.02. The number of hydrogen-bond donors (Lipinski definition) is 0. The first kappa shape index (κ1) is 13.1. The van der Waals surface area contributed by atoms with E-state index in [-0.39, 0.29) is 11.9 Å². The molecule has 3 nitrogen and oxygen atoms in total. The van der Waals surface area contributed by atoms with E-state index in [1.807, 2.05) is 48.3 Å². The molecule has 0 bridgehead atoms. The Morgan fingerprint density at radius 3 is 2.77 bits per heavy atom. The van der Waals surface area contributed by atoms with Crippen molar-refractivity contribution in [2.75, 3.05) is 7.05 Å². The average molecular weight is 291 g/mol. The van der Waals surface area contributed by atoms with Crippen LogP contribution in [0.1, 0.15) is 34.1 Å². The van der Waals surface area contributed by atoms with Gasteiger partial charge in [0.05, 0.1) is 6.04 Å². The van der Waals surface area contributed by atoms with Crippen molar-refractivity contribution < 1.29 is 9.21 Å². The fourth-order valence-corrected chi connectivity index (χ4v) is 3.34. The van der Waals surface area contributed by atoms with Crippen molar-refractivity contribution in [2.24, 2.45) is 0 Å². The molecule has 1 aliphatic carbocycles. The van der Waals surface area contributed by atoms with Gasteiger partial charge in [0.25, 0.3) is 5.91 Å². The summed E-state index contributed by atoms with van der Waals surface area (Å²) in [5, 5.41) is 0.964. The molecule has 1 unspecified atom stereocenters. The number of carbonyl (C=O) groups excluding carboxylic acids is 1. The smallest absolute Gasteiger partial charge is 0.289 e. The summed E-state index contributed by atoms with van der Waals surface area (Å²) in [6.45, 7) is 0. The molecule has 22 heavy (non-hydrogen) atoms. The maximum absolute atomic E-state index is 12.7. The van der Waals surface area contributed by atoms with Gasteiger partial charge in [0, 0.05) is 12.4 Å². The minimum atomic E-state index is -0.0575. The molecular weight excluding hydrogens is 274 g/mol. The van der Waals surface area contributed by atoms with Crippen molar-refractivity contribution in [1.82, 2.24) is 4.90 Å². The van der Waals surface area contributed by atoms with E-state index >= 15 is 0 Å². The van der Waals surface area contributed by atoms with Gasteiger partial charge in [-0.1, -0.05) is 42.5 Å². The van der Waals surface area contributed by atoms with E-state index in [4.69, 9.17) is 4.42 Å². The predicted octanol–water partition coefficient (Wildman–Crippen LogP) is 4.19. The lowest BCUT2D eigenvalue weighted by Crippen LogP contribution is -2.29. The summed E-state index contributed by atoms with van der Waals surface area (Å²) < 4.78 is 5.71. The molecule has 4 rings (SSSR count). The predicted molar refractivity (Wildman–Crippen MR) is 85.8 cm³/mol. The highest BCUT2D eigenvalue weighted by atomic mass is 16.3. The monoisotopic (exact) mass is 291 g/mol. The summed E-state index contributed by atoms with van der Waals surface area (Å²) in [6, 6.07) is 18.0. The Hall–Kier alpha value is -2.55. The number of para-hydroxylation sites is 1. The number of fused-ring (bicyclic) bond motifs is 2.